The molecule has 0 amide bonds. The van der Waals surface area contributed by atoms with Crippen LogP contribution in [0, 0.1) is 0 Å². The lowest BCUT2D eigenvalue weighted by molar-refractivity contribution is -0.138. The highest BCUT2D eigenvalue weighted by atomic mass is 79.9. The minimum absolute atomic E-state index is 0.0186. The molecule has 0 saturated carbocycles. The summed E-state index contributed by atoms with van der Waals surface area (Å²) in [4.78, 5) is 31.4. The van der Waals surface area contributed by atoms with Crippen LogP contribution in [0.2, 0.25) is 0 Å². The van der Waals surface area contributed by atoms with Gasteiger partial charge < -0.3 is 14.6 Å². The fourth-order valence-corrected chi connectivity index (χ4v) is 4.94. The van der Waals surface area contributed by atoms with Crippen molar-refractivity contribution in [2.24, 2.45) is 4.99 Å². The van der Waals surface area contributed by atoms with Crippen molar-refractivity contribution in [3.63, 3.8) is 0 Å². The zero-order valence-corrected chi connectivity index (χ0v) is 20.6. The monoisotopic (exact) mass is 528 g/mol. The molecule has 3 aromatic rings. The zero-order chi connectivity index (χ0) is 23.7. The normalized spacial score (nSPS) is 15.8. The number of carbonyl (C=O) groups excluding carboxylic acids is 1. The summed E-state index contributed by atoms with van der Waals surface area (Å²) < 4.78 is 13.4. The van der Waals surface area contributed by atoms with E-state index in [9.17, 15) is 14.7 Å². The summed E-state index contributed by atoms with van der Waals surface area (Å²) in [6.45, 7) is 3.63. The number of allylic oxidation sites excluding steroid dienone is 1. The Morgan fingerprint density at radius 2 is 2.00 bits per heavy atom. The van der Waals surface area contributed by atoms with Crippen molar-refractivity contribution in [3.8, 4) is 11.5 Å². The van der Waals surface area contributed by atoms with Crippen LogP contribution in [0.4, 0.5) is 0 Å². The molecule has 1 aliphatic heterocycles. The van der Waals surface area contributed by atoms with Gasteiger partial charge in [-0.15, -0.1) is 0 Å². The van der Waals surface area contributed by atoms with Gasteiger partial charge in [0.1, 0.15) is 6.04 Å². The number of hydrogen-bond acceptors (Lipinski definition) is 7. The summed E-state index contributed by atoms with van der Waals surface area (Å²) >= 11 is 4.66. The van der Waals surface area contributed by atoms with E-state index in [1.165, 1.54) is 29.1 Å². The van der Waals surface area contributed by atoms with Crippen LogP contribution in [0.25, 0.3) is 11.8 Å². The van der Waals surface area contributed by atoms with Crippen LogP contribution in [0.3, 0.4) is 0 Å². The molecule has 0 spiro atoms. The van der Waals surface area contributed by atoms with Crippen molar-refractivity contribution >= 4 is 45.0 Å². The largest absolute Gasteiger partial charge is 0.504 e. The number of methoxy groups -OCH3 is 1. The van der Waals surface area contributed by atoms with Crippen LogP contribution in [0.5, 0.6) is 11.5 Å². The first-order chi connectivity index (χ1) is 15.8. The second kappa shape index (κ2) is 9.36. The summed E-state index contributed by atoms with van der Waals surface area (Å²) in [5, 5.41) is 9.99. The van der Waals surface area contributed by atoms with E-state index < -0.39 is 12.0 Å². The molecule has 2 heterocycles. The molecule has 1 atom stereocenters. The van der Waals surface area contributed by atoms with Gasteiger partial charge in [-0.2, -0.15) is 0 Å². The number of halogens is 1. The molecule has 33 heavy (non-hydrogen) atoms. The van der Waals surface area contributed by atoms with Crippen molar-refractivity contribution in [2.45, 2.75) is 19.9 Å². The van der Waals surface area contributed by atoms with Crippen LogP contribution in [0.1, 0.15) is 31.0 Å². The maximum atomic E-state index is 13.2. The van der Waals surface area contributed by atoms with Gasteiger partial charge in [0, 0.05) is 10.2 Å². The predicted molar refractivity (Wildman–Crippen MR) is 130 cm³/mol. The molecule has 170 valence electrons. The second-order valence-corrected chi connectivity index (χ2v) is 9.19. The van der Waals surface area contributed by atoms with Crippen molar-refractivity contribution in [2.75, 3.05) is 13.7 Å². The summed E-state index contributed by atoms with van der Waals surface area (Å²) in [5.74, 6) is -0.296. The molecule has 9 heteroatoms. The molecule has 1 N–H and O–H groups in total. The van der Waals surface area contributed by atoms with Crippen molar-refractivity contribution in [1.82, 2.24) is 4.57 Å². The molecule has 7 nitrogen and oxygen atoms in total. The van der Waals surface area contributed by atoms with E-state index in [1.54, 1.807) is 32.1 Å². The summed E-state index contributed by atoms with van der Waals surface area (Å²) in [7, 11) is 1.45. The number of fused-ring (bicyclic) bond motifs is 1. The summed E-state index contributed by atoms with van der Waals surface area (Å²) in [5.41, 5.74) is 2.00. The first-order valence-electron chi connectivity index (χ1n) is 10.2. The number of aromatic hydroxyl groups is 1. The van der Waals surface area contributed by atoms with Crippen molar-refractivity contribution in [1.29, 1.82) is 0 Å². The molecule has 0 unspecified atom stereocenters. The van der Waals surface area contributed by atoms with Crippen LogP contribution in [-0.4, -0.2) is 29.4 Å². The van der Waals surface area contributed by atoms with E-state index in [1.807, 2.05) is 24.3 Å². The van der Waals surface area contributed by atoms with Crippen molar-refractivity contribution < 1.29 is 19.4 Å². The standard InChI is InChI=1S/C24H21BrN2O5S/c1-4-32-23(30)20-13(2)27-22(29)19(11-14-5-8-16(25)9-6-14)33-24(27)26-21(20)15-7-10-17(28)18(12-15)31-3/h5-12,21,28H,4H2,1-3H3/b19-11-/t21-/m0/s1. The average molecular weight is 529 g/mol. The first-order valence-corrected chi connectivity index (χ1v) is 11.8. The molecule has 1 aromatic heterocycles. The van der Waals surface area contributed by atoms with Gasteiger partial charge in [-0.05, 0) is 55.3 Å². The molecule has 0 saturated heterocycles. The fourth-order valence-electron chi connectivity index (χ4n) is 3.63. The number of phenols is 1. The van der Waals surface area contributed by atoms with Crippen LogP contribution in [0.15, 0.2) is 62.3 Å². The number of ether oxygens (including phenoxy) is 2. The third-order valence-electron chi connectivity index (χ3n) is 5.23. The Kier molecular flexibility index (Phi) is 6.53. The Morgan fingerprint density at radius 3 is 2.67 bits per heavy atom. The molecular formula is C24H21BrN2O5S. The lowest BCUT2D eigenvalue weighted by atomic mass is 9.96. The lowest BCUT2D eigenvalue weighted by Crippen LogP contribution is -2.35. The third kappa shape index (κ3) is 4.38. The lowest BCUT2D eigenvalue weighted by Gasteiger charge is -2.22. The SMILES string of the molecule is CCOC(=O)C1=C(C)n2c(s/c(=C\c3ccc(Br)cc3)c2=O)=N[C@H]1c1ccc(O)c(OC)c1. The minimum atomic E-state index is -0.711. The molecule has 0 radical (unpaired) electrons. The summed E-state index contributed by atoms with van der Waals surface area (Å²) in [6, 6.07) is 11.7. The van der Waals surface area contributed by atoms with Gasteiger partial charge in [-0.25, -0.2) is 9.79 Å². The van der Waals surface area contributed by atoms with E-state index in [0.717, 1.165) is 10.0 Å². The Morgan fingerprint density at radius 1 is 1.27 bits per heavy atom. The van der Waals surface area contributed by atoms with Gasteiger partial charge in [0.2, 0.25) is 0 Å². The highest BCUT2D eigenvalue weighted by Gasteiger charge is 2.31. The van der Waals surface area contributed by atoms with Gasteiger partial charge in [0.15, 0.2) is 16.3 Å². The fraction of sp³-hybridized carbons (Fsp3) is 0.208. The Hall–Kier alpha value is -3.17. The van der Waals surface area contributed by atoms with Gasteiger partial charge in [-0.3, -0.25) is 9.36 Å². The van der Waals surface area contributed by atoms with Crippen LogP contribution >= 0.6 is 27.3 Å². The number of carbonyl (C=O) groups is 1. The number of nitrogens with zero attached hydrogens (tertiary/aromatic N) is 2. The maximum absolute atomic E-state index is 13.2. The summed E-state index contributed by atoms with van der Waals surface area (Å²) in [6.07, 6.45) is 1.80. The average Bonchev–Trinajstić information content (AvgIpc) is 3.11. The van der Waals surface area contributed by atoms with Gasteiger partial charge in [0.25, 0.3) is 5.56 Å². The predicted octanol–water partition coefficient (Wildman–Crippen LogP) is 3.38. The molecular weight excluding hydrogens is 508 g/mol. The van der Waals surface area contributed by atoms with E-state index >= 15 is 0 Å². The number of thiazole rings is 1. The van der Waals surface area contributed by atoms with E-state index in [2.05, 4.69) is 15.9 Å². The molecule has 0 aliphatic carbocycles. The maximum Gasteiger partial charge on any atom is 0.338 e. The molecule has 0 bridgehead atoms. The van der Waals surface area contributed by atoms with Gasteiger partial charge in [-0.1, -0.05) is 45.5 Å². The molecule has 2 aromatic carbocycles. The number of benzene rings is 2. The third-order valence-corrected chi connectivity index (χ3v) is 6.74. The minimum Gasteiger partial charge on any atom is -0.504 e. The van der Waals surface area contributed by atoms with Gasteiger partial charge >= 0.3 is 5.97 Å². The molecule has 1 aliphatic rings. The quantitative estimate of drug-likeness (QED) is 0.512. The van der Waals surface area contributed by atoms with Crippen molar-refractivity contribution in [3.05, 3.63) is 83.3 Å². The Labute approximate surface area is 202 Å². The number of rotatable bonds is 5. The first kappa shape index (κ1) is 23.0. The Balaban J connectivity index is 1.94. The van der Waals surface area contributed by atoms with Crippen LogP contribution < -0.4 is 19.6 Å². The highest BCUT2D eigenvalue weighted by Crippen LogP contribution is 2.36. The Bertz CT molecular complexity index is 1440. The smallest absolute Gasteiger partial charge is 0.338 e. The van der Waals surface area contributed by atoms with E-state index in [0.29, 0.717) is 20.6 Å². The van der Waals surface area contributed by atoms with E-state index in [-0.39, 0.29) is 29.2 Å². The zero-order valence-electron chi connectivity index (χ0n) is 18.2. The topological polar surface area (TPSA) is 90.1 Å². The molecule has 4 rings (SSSR count). The number of hydrogen-bond donors (Lipinski definition) is 1. The van der Waals surface area contributed by atoms with E-state index in [4.69, 9.17) is 14.5 Å². The number of esters is 1. The highest BCUT2D eigenvalue weighted by molar-refractivity contribution is 9.10. The number of phenolic OH excluding ortho intramolecular Hbond substituents is 1. The molecule has 0 fully saturated rings. The van der Waals surface area contributed by atoms with Crippen LogP contribution in [-0.2, 0) is 9.53 Å². The number of aromatic nitrogens is 1. The van der Waals surface area contributed by atoms with Gasteiger partial charge in [0.05, 0.1) is 23.8 Å². The second-order valence-electron chi connectivity index (χ2n) is 7.27.